The van der Waals surface area contributed by atoms with Gasteiger partial charge in [-0.3, -0.25) is 9.59 Å². The third-order valence-corrected chi connectivity index (χ3v) is 7.27. The number of carbonyl (C=O) groups is 4. The molecule has 0 radical (unpaired) electrons. The SMILES string of the molecule is CCCCNC(=O)Nc1ccc(NC(=O)c2ccc(Cc3ccc(C(=O)Nc4ccc(NC(=O)NCCCC)cc4)cc3)cc2)cc1. The molecule has 47 heavy (non-hydrogen) atoms. The number of benzene rings is 4. The maximum atomic E-state index is 12.8. The number of urea groups is 2. The van der Waals surface area contributed by atoms with Crippen LogP contribution in [0, 0.1) is 0 Å². The van der Waals surface area contributed by atoms with Gasteiger partial charge in [0.1, 0.15) is 0 Å². The fourth-order valence-electron chi connectivity index (χ4n) is 4.57. The van der Waals surface area contributed by atoms with Crippen LogP contribution in [-0.4, -0.2) is 37.0 Å². The smallest absolute Gasteiger partial charge is 0.319 e. The summed E-state index contributed by atoms with van der Waals surface area (Å²) in [6.45, 7) is 5.38. The van der Waals surface area contributed by atoms with Crippen molar-refractivity contribution in [3.05, 3.63) is 119 Å². The van der Waals surface area contributed by atoms with Crippen LogP contribution in [0.15, 0.2) is 97.1 Å². The highest BCUT2D eigenvalue weighted by Crippen LogP contribution is 2.18. The van der Waals surface area contributed by atoms with Crippen molar-refractivity contribution in [1.29, 1.82) is 0 Å². The number of carbonyl (C=O) groups excluding carboxylic acids is 4. The van der Waals surface area contributed by atoms with Gasteiger partial charge in [-0.2, -0.15) is 0 Å². The van der Waals surface area contributed by atoms with Crippen molar-refractivity contribution in [2.24, 2.45) is 0 Å². The van der Waals surface area contributed by atoms with E-state index in [0.717, 1.165) is 36.8 Å². The van der Waals surface area contributed by atoms with E-state index < -0.39 is 0 Å². The van der Waals surface area contributed by atoms with Gasteiger partial charge in [0.15, 0.2) is 0 Å². The summed E-state index contributed by atoms with van der Waals surface area (Å²) in [5.74, 6) is -0.465. The molecule has 0 bridgehead atoms. The zero-order chi connectivity index (χ0) is 33.4. The van der Waals surface area contributed by atoms with E-state index in [1.165, 1.54) is 0 Å². The van der Waals surface area contributed by atoms with Crippen molar-refractivity contribution >= 4 is 46.6 Å². The molecule has 0 aromatic heterocycles. The van der Waals surface area contributed by atoms with Gasteiger partial charge in [-0.05, 0) is 103 Å². The number of amides is 6. The molecule has 0 spiro atoms. The third kappa shape index (κ3) is 11.3. The van der Waals surface area contributed by atoms with E-state index in [1.54, 1.807) is 72.8 Å². The second-order valence-electron chi connectivity index (χ2n) is 11.1. The standard InChI is InChI=1S/C37H42N6O4/c1-3-5-23-38-36(46)42-32-19-15-30(16-20-32)40-34(44)28-11-7-26(8-12-28)25-27-9-13-29(14-10-27)35(45)41-31-17-21-33(22-18-31)43-37(47)39-24-6-4-2/h7-22H,3-6,23-25H2,1-2H3,(H,40,44)(H,41,45)(H2,38,42,46)(H2,39,43,47). The largest absolute Gasteiger partial charge is 0.338 e. The highest BCUT2D eigenvalue weighted by molar-refractivity contribution is 6.05. The fraction of sp³-hybridized carbons (Fsp3) is 0.243. The van der Waals surface area contributed by atoms with Gasteiger partial charge in [0.2, 0.25) is 0 Å². The predicted molar refractivity (Wildman–Crippen MR) is 188 cm³/mol. The first-order valence-corrected chi connectivity index (χ1v) is 15.9. The van der Waals surface area contributed by atoms with Crippen molar-refractivity contribution in [2.45, 2.75) is 46.0 Å². The van der Waals surface area contributed by atoms with Crippen molar-refractivity contribution in [1.82, 2.24) is 10.6 Å². The summed E-state index contributed by atoms with van der Waals surface area (Å²) in [6, 6.07) is 28.2. The zero-order valence-electron chi connectivity index (χ0n) is 26.8. The Bertz CT molecular complexity index is 1500. The maximum absolute atomic E-state index is 12.8. The summed E-state index contributed by atoms with van der Waals surface area (Å²) in [5, 5.41) is 16.9. The molecule has 4 aromatic carbocycles. The minimum atomic E-state index is -0.255. The van der Waals surface area contributed by atoms with Crippen LogP contribution in [0.1, 0.15) is 71.4 Å². The Morgan fingerprint density at radius 3 is 1.09 bits per heavy atom. The minimum absolute atomic E-state index is 0.233. The molecule has 10 heteroatoms. The first kappa shape index (κ1) is 34.2. The molecule has 0 heterocycles. The first-order valence-electron chi connectivity index (χ1n) is 15.9. The Balaban J connectivity index is 1.23. The Morgan fingerprint density at radius 1 is 0.447 bits per heavy atom. The summed E-state index contributed by atoms with van der Waals surface area (Å²) in [4.78, 5) is 49.4. The van der Waals surface area contributed by atoms with Crippen LogP contribution in [0.5, 0.6) is 0 Å². The van der Waals surface area contributed by atoms with Crippen molar-refractivity contribution in [3.63, 3.8) is 0 Å². The van der Waals surface area contributed by atoms with E-state index in [0.29, 0.717) is 53.4 Å². The molecule has 6 amide bonds. The molecule has 4 aromatic rings. The molecule has 0 aliphatic rings. The molecule has 10 nitrogen and oxygen atoms in total. The number of rotatable bonds is 14. The number of hydrogen-bond donors (Lipinski definition) is 6. The fourth-order valence-corrected chi connectivity index (χ4v) is 4.57. The molecule has 244 valence electrons. The van der Waals surface area contributed by atoms with Crippen LogP contribution < -0.4 is 31.9 Å². The van der Waals surface area contributed by atoms with Gasteiger partial charge in [0, 0.05) is 47.0 Å². The average molecular weight is 635 g/mol. The molecule has 4 rings (SSSR count). The summed E-state index contributed by atoms with van der Waals surface area (Å²) in [7, 11) is 0. The third-order valence-electron chi connectivity index (χ3n) is 7.27. The van der Waals surface area contributed by atoms with Gasteiger partial charge in [0.25, 0.3) is 11.8 Å². The van der Waals surface area contributed by atoms with Crippen molar-refractivity contribution in [2.75, 3.05) is 34.4 Å². The predicted octanol–water partition coefficient (Wildman–Crippen LogP) is 7.63. The van der Waals surface area contributed by atoms with E-state index in [2.05, 4.69) is 45.7 Å². The van der Waals surface area contributed by atoms with Gasteiger partial charge < -0.3 is 31.9 Å². The quantitative estimate of drug-likeness (QED) is 0.0794. The van der Waals surface area contributed by atoms with Crippen LogP contribution in [-0.2, 0) is 6.42 Å². The minimum Gasteiger partial charge on any atom is -0.338 e. The molecule has 0 fully saturated rings. The Kier molecular flexibility index (Phi) is 12.9. The topological polar surface area (TPSA) is 140 Å². The van der Waals surface area contributed by atoms with E-state index in [1.807, 2.05) is 24.3 Å². The number of unbranched alkanes of at least 4 members (excludes halogenated alkanes) is 2. The summed E-state index contributed by atoms with van der Waals surface area (Å²) < 4.78 is 0. The number of anilines is 4. The monoisotopic (exact) mass is 634 g/mol. The number of nitrogens with one attached hydrogen (secondary N) is 6. The highest BCUT2D eigenvalue weighted by Gasteiger charge is 2.10. The van der Waals surface area contributed by atoms with Crippen LogP contribution in [0.4, 0.5) is 32.3 Å². The van der Waals surface area contributed by atoms with Crippen LogP contribution in [0.2, 0.25) is 0 Å². The van der Waals surface area contributed by atoms with Crippen molar-refractivity contribution in [3.8, 4) is 0 Å². The number of hydrogen-bond acceptors (Lipinski definition) is 4. The molecule has 0 saturated heterocycles. The second-order valence-corrected chi connectivity index (χ2v) is 11.1. The lowest BCUT2D eigenvalue weighted by molar-refractivity contribution is 0.101. The van der Waals surface area contributed by atoms with E-state index in [4.69, 9.17) is 0 Å². The van der Waals surface area contributed by atoms with Crippen LogP contribution in [0.25, 0.3) is 0 Å². The first-order chi connectivity index (χ1) is 22.8. The van der Waals surface area contributed by atoms with Crippen molar-refractivity contribution < 1.29 is 19.2 Å². The molecule has 6 N–H and O–H groups in total. The van der Waals surface area contributed by atoms with E-state index in [-0.39, 0.29) is 23.9 Å². The zero-order valence-corrected chi connectivity index (χ0v) is 26.8. The Morgan fingerprint density at radius 2 is 0.766 bits per heavy atom. The Hall–Kier alpha value is -5.64. The molecule has 0 atom stereocenters. The van der Waals surface area contributed by atoms with E-state index in [9.17, 15) is 19.2 Å². The van der Waals surface area contributed by atoms with Gasteiger partial charge in [-0.25, -0.2) is 9.59 Å². The van der Waals surface area contributed by atoms with Crippen LogP contribution >= 0.6 is 0 Å². The second kappa shape index (κ2) is 17.7. The lowest BCUT2D eigenvalue weighted by Crippen LogP contribution is -2.29. The van der Waals surface area contributed by atoms with E-state index >= 15 is 0 Å². The highest BCUT2D eigenvalue weighted by atomic mass is 16.2. The normalized spacial score (nSPS) is 10.4. The summed E-state index contributed by atoms with van der Waals surface area (Å²) >= 11 is 0. The molecule has 0 unspecified atom stereocenters. The average Bonchev–Trinajstić information content (AvgIpc) is 3.07. The van der Waals surface area contributed by atoms with Gasteiger partial charge in [0.05, 0.1) is 0 Å². The Labute approximate surface area is 275 Å². The summed E-state index contributed by atoms with van der Waals surface area (Å²) in [5.41, 5.74) is 5.62. The lowest BCUT2D eigenvalue weighted by Gasteiger charge is -2.10. The summed E-state index contributed by atoms with van der Waals surface area (Å²) in [6.07, 6.45) is 4.51. The van der Waals surface area contributed by atoms with Crippen LogP contribution in [0.3, 0.4) is 0 Å². The lowest BCUT2D eigenvalue weighted by atomic mass is 10.0. The molecular formula is C37H42N6O4. The van der Waals surface area contributed by atoms with Gasteiger partial charge in [-0.15, -0.1) is 0 Å². The van der Waals surface area contributed by atoms with Gasteiger partial charge >= 0.3 is 12.1 Å². The molecular weight excluding hydrogens is 592 g/mol. The molecule has 0 aliphatic heterocycles. The molecule has 0 saturated carbocycles. The molecule has 0 aliphatic carbocycles. The van der Waals surface area contributed by atoms with Gasteiger partial charge in [-0.1, -0.05) is 51.0 Å². The maximum Gasteiger partial charge on any atom is 0.319 e.